The van der Waals surface area contributed by atoms with Crippen molar-refractivity contribution in [2.24, 2.45) is 0 Å². The number of hydrogen-bond donors (Lipinski definition) is 1. The van der Waals surface area contributed by atoms with Gasteiger partial charge >= 0.3 is 0 Å². The van der Waals surface area contributed by atoms with Crippen LogP contribution < -0.4 is 0 Å². The molecule has 2 atom stereocenters. The van der Waals surface area contributed by atoms with Crippen LogP contribution in [0.3, 0.4) is 0 Å². The number of rotatable bonds is 2. The molecule has 1 N–H and O–H groups in total. The quantitative estimate of drug-likeness (QED) is 0.619. The summed E-state index contributed by atoms with van der Waals surface area (Å²) >= 11 is 0. The van der Waals surface area contributed by atoms with Crippen LogP contribution in [0.15, 0.2) is 0 Å². The van der Waals surface area contributed by atoms with Crippen LogP contribution in [0.2, 0.25) is 0 Å². The van der Waals surface area contributed by atoms with Crippen LogP contribution in [0, 0.1) is 11.3 Å². The molecule has 0 saturated heterocycles. The van der Waals surface area contributed by atoms with E-state index in [-0.39, 0.29) is 6.04 Å². The van der Waals surface area contributed by atoms with E-state index in [2.05, 4.69) is 6.07 Å². The highest BCUT2D eigenvalue weighted by Gasteiger charge is 2.38. The molecule has 1 aliphatic carbocycles. The third-order valence-electron chi connectivity index (χ3n) is 2.73. The molecule has 1 aliphatic rings. The summed E-state index contributed by atoms with van der Waals surface area (Å²) in [5.74, 6) is 0. The monoisotopic (exact) mass is 168 g/mol. The van der Waals surface area contributed by atoms with Gasteiger partial charge in [-0.05, 0) is 33.2 Å². The van der Waals surface area contributed by atoms with Gasteiger partial charge in [0.25, 0.3) is 0 Å². The van der Waals surface area contributed by atoms with E-state index >= 15 is 0 Å². The van der Waals surface area contributed by atoms with Gasteiger partial charge in [0.05, 0.1) is 18.2 Å². The molecule has 0 aromatic heterocycles. The third kappa shape index (κ3) is 1.77. The Hall–Kier alpha value is -0.590. The van der Waals surface area contributed by atoms with E-state index in [1.165, 1.54) is 0 Å². The van der Waals surface area contributed by atoms with E-state index in [1.807, 2.05) is 18.9 Å². The first-order chi connectivity index (χ1) is 5.58. The first-order valence-corrected chi connectivity index (χ1v) is 4.37. The Morgan fingerprint density at radius 3 is 2.83 bits per heavy atom. The van der Waals surface area contributed by atoms with E-state index in [4.69, 9.17) is 5.26 Å². The maximum absolute atomic E-state index is 9.90. The zero-order chi connectivity index (χ0) is 9.19. The molecule has 68 valence electrons. The number of likely N-dealkylation sites (N-methyl/N-ethyl adjacent to an activating group) is 1. The van der Waals surface area contributed by atoms with Gasteiger partial charge in [0, 0.05) is 6.04 Å². The fraction of sp³-hybridized carbons (Fsp3) is 0.889. The minimum atomic E-state index is -0.592. The van der Waals surface area contributed by atoms with Crippen LogP contribution in [0.25, 0.3) is 0 Å². The standard InChI is InChI=1S/C9H16N2O/c1-9(12)5-3-4-8(9)11(2)7-6-10/h8,12H,3-5,7H2,1-2H3. The fourth-order valence-electron chi connectivity index (χ4n) is 2.05. The molecule has 0 heterocycles. The van der Waals surface area contributed by atoms with Gasteiger partial charge in [-0.3, -0.25) is 4.90 Å². The normalized spacial score (nSPS) is 35.4. The van der Waals surface area contributed by atoms with Crippen LogP contribution in [-0.4, -0.2) is 35.2 Å². The van der Waals surface area contributed by atoms with Crippen LogP contribution in [0.5, 0.6) is 0 Å². The third-order valence-corrected chi connectivity index (χ3v) is 2.73. The highest BCUT2D eigenvalue weighted by molar-refractivity contribution is 4.96. The van der Waals surface area contributed by atoms with E-state index in [0.29, 0.717) is 6.54 Å². The number of nitrogens with zero attached hydrogens (tertiary/aromatic N) is 2. The van der Waals surface area contributed by atoms with Gasteiger partial charge in [-0.2, -0.15) is 5.26 Å². The van der Waals surface area contributed by atoms with Crippen molar-refractivity contribution in [3.05, 3.63) is 0 Å². The van der Waals surface area contributed by atoms with E-state index in [1.54, 1.807) is 0 Å². The predicted octanol–water partition coefficient (Wildman–Crippen LogP) is 0.745. The summed E-state index contributed by atoms with van der Waals surface area (Å²) in [7, 11) is 1.90. The summed E-state index contributed by atoms with van der Waals surface area (Å²) in [6, 6.07) is 2.26. The minimum absolute atomic E-state index is 0.164. The molecule has 0 radical (unpaired) electrons. The van der Waals surface area contributed by atoms with E-state index in [9.17, 15) is 5.11 Å². The lowest BCUT2D eigenvalue weighted by Crippen LogP contribution is -2.45. The van der Waals surface area contributed by atoms with E-state index in [0.717, 1.165) is 19.3 Å². The van der Waals surface area contributed by atoms with Crippen molar-refractivity contribution in [3.63, 3.8) is 0 Å². The molecule has 0 bridgehead atoms. The maximum atomic E-state index is 9.90. The largest absolute Gasteiger partial charge is 0.389 e. The predicted molar refractivity (Wildman–Crippen MR) is 46.5 cm³/mol. The summed E-state index contributed by atoms with van der Waals surface area (Å²) in [5.41, 5.74) is -0.592. The van der Waals surface area contributed by atoms with Crippen molar-refractivity contribution in [3.8, 4) is 6.07 Å². The zero-order valence-corrected chi connectivity index (χ0v) is 7.75. The molecule has 3 nitrogen and oxygen atoms in total. The lowest BCUT2D eigenvalue weighted by atomic mass is 9.99. The Morgan fingerprint density at radius 2 is 2.42 bits per heavy atom. The number of nitriles is 1. The molecule has 1 fully saturated rings. The summed E-state index contributed by atoms with van der Waals surface area (Å²) in [6.07, 6.45) is 2.92. The smallest absolute Gasteiger partial charge is 0.0866 e. The highest BCUT2D eigenvalue weighted by atomic mass is 16.3. The first-order valence-electron chi connectivity index (χ1n) is 4.37. The second kappa shape index (κ2) is 3.42. The van der Waals surface area contributed by atoms with Crippen molar-refractivity contribution < 1.29 is 5.11 Å². The lowest BCUT2D eigenvalue weighted by molar-refractivity contribution is 0.0000767. The molecule has 1 saturated carbocycles. The first kappa shape index (κ1) is 9.50. The Balaban J connectivity index is 2.57. The summed E-state index contributed by atoms with van der Waals surface area (Å²) in [6.45, 7) is 2.26. The summed E-state index contributed by atoms with van der Waals surface area (Å²) in [5, 5.41) is 18.4. The molecule has 12 heavy (non-hydrogen) atoms. The van der Waals surface area contributed by atoms with Crippen molar-refractivity contribution in [2.45, 2.75) is 37.8 Å². The van der Waals surface area contributed by atoms with Crippen LogP contribution in [-0.2, 0) is 0 Å². The minimum Gasteiger partial charge on any atom is -0.389 e. The lowest BCUT2D eigenvalue weighted by Gasteiger charge is -2.32. The van der Waals surface area contributed by atoms with Crippen molar-refractivity contribution in [2.75, 3.05) is 13.6 Å². The molecule has 0 aromatic carbocycles. The van der Waals surface area contributed by atoms with Gasteiger partial charge < -0.3 is 5.11 Å². The van der Waals surface area contributed by atoms with Crippen LogP contribution in [0.1, 0.15) is 26.2 Å². The van der Waals surface area contributed by atoms with Gasteiger partial charge in [0.15, 0.2) is 0 Å². The molecule has 0 spiro atoms. The van der Waals surface area contributed by atoms with Crippen LogP contribution >= 0.6 is 0 Å². The maximum Gasteiger partial charge on any atom is 0.0866 e. The van der Waals surface area contributed by atoms with Gasteiger partial charge in [-0.1, -0.05) is 0 Å². The second-order valence-electron chi connectivity index (χ2n) is 3.84. The average molecular weight is 168 g/mol. The second-order valence-corrected chi connectivity index (χ2v) is 3.84. The average Bonchev–Trinajstić information content (AvgIpc) is 2.30. The highest BCUT2D eigenvalue weighted by Crippen LogP contribution is 2.32. The molecule has 3 heteroatoms. The zero-order valence-electron chi connectivity index (χ0n) is 7.75. The number of hydrogen-bond acceptors (Lipinski definition) is 3. The molecular formula is C9H16N2O. The van der Waals surface area contributed by atoms with Crippen molar-refractivity contribution >= 4 is 0 Å². The molecule has 0 amide bonds. The Morgan fingerprint density at radius 1 is 1.75 bits per heavy atom. The molecule has 0 aliphatic heterocycles. The molecular weight excluding hydrogens is 152 g/mol. The van der Waals surface area contributed by atoms with Crippen molar-refractivity contribution in [1.29, 1.82) is 5.26 Å². The van der Waals surface area contributed by atoms with Crippen LogP contribution in [0.4, 0.5) is 0 Å². The molecule has 2 unspecified atom stereocenters. The fourth-order valence-corrected chi connectivity index (χ4v) is 2.05. The summed E-state index contributed by atoms with van der Waals surface area (Å²) in [4.78, 5) is 1.94. The Labute approximate surface area is 73.6 Å². The van der Waals surface area contributed by atoms with E-state index < -0.39 is 5.60 Å². The van der Waals surface area contributed by atoms with Crippen molar-refractivity contribution in [1.82, 2.24) is 4.90 Å². The summed E-state index contributed by atoms with van der Waals surface area (Å²) < 4.78 is 0. The SMILES string of the molecule is CN(CC#N)C1CCCC1(C)O. The Kier molecular flexibility index (Phi) is 2.71. The Bertz CT molecular complexity index is 195. The van der Waals surface area contributed by atoms with Gasteiger partial charge in [0.1, 0.15) is 0 Å². The van der Waals surface area contributed by atoms with Gasteiger partial charge in [-0.15, -0.1) is 0 Å². The van der Waals surface area contributed by atoms with Gasteiger partial charge in [0.2, 0.25) is 0 Å². The number of aliphatic hydroxyl groups is 1. The molecule has 0 aromatic rings. The molecule has 1 rings (SSSR count). The topological polar surface area (TPSA) is 47.3 Å². The van der Waals surface area contributed by atoms with Gasteiger partial charge in [-0.25, -0.2) is 0 Å².